The molecule has 0 aromatic carbocycles. The summed E-state index contributed by atoms with van der Waals surface area (Å²) in [5.41, 5.74) is 5.63. The molecule has 1 aliphatic heterocycles. The number of hydrogen-bond acceptors (Lipinski definition) is 1. The minimum absolute atomic E-state index is 0.286. The van der Waals surface area contributed by atoms with Gasteiger partial charge in [-0.05, 0) is 31.1 Å². The molecule has 0 aromatic rings. The Kier molecular flexibility index (Phi) is 2.66. The molecule has 3 nitrogen and oxygen atoms in total. The third-order valence-corrected chi connectivity index (χ3v) is 4.05. The first-order valence-corrected chi connectivity index (χ1v) is 5.81. The summed E-state index contributed by atoms with van der Waals surface area (Å²) in [6, 6.07) is 0.574. The molecule has 1 saturated heterocycles. The van der Waals surface area contributed by atoms with Crippen molar-refractivity contribution in [3.8, 4) is 0 Å². The average molecular weight is 195 g/mol. The van der Waals surface area contributed by atoms with Crippen LogP contribution in [0.2, 0.25) is 0 Å². The van der Waals surface area contributed by atoms with Crippen LogP contribution in [0.25, 0.3) is 0 Å². The molecule has 1 heterocycles. The van der Waals surface area contributed by atoms with Gasteiger partial charge < -0.3 is 10.6 Å². The maximum absolute atomic E-state index is 7.58. The summed E-state index contributed by atoms with van der Waals surface area (Å²) in [6.07, 6.45) is 6.49. The molecule has 0 bridgehead atoms. The molecule has 3 atom stereocenters. The van der Waals surface area contributed by atoms with E-state index in [2.05, 4.69) is 11.8 Å². The van der Waals surface area contributed by atoms with Crippen molar-refractivity contribution in [2.75, 3.05) is 6.54 Å². The normalized spacial score (nSPS) is 37.8. The number of likely N-dealkylation sites (tertiary alicyclic amines) is 1. The maximum atomic E-state index is 7.58. The molecule has 0 unspecified atom stereocenters. The Bertz CT molecular complexity index is 227. The van der Waals surface area contributed by atoms with Crippen LogP contribution in [-0.4, -0.2) is 23.4 Å². The molecular formula is C11H21N3. The highest BCUT2D eigenvalue weighted by molar-refractivity contribution is 5.75. The summed E-state index contributed by atoms with van der Waals surface area (Å²) in [5, 5.41) is 7.58. The number of guanidine groups is 1. The second-order valence-corrected chi connectivity index (χ2v) is 4.86. The largest absolute Gasteiger partial charge is 0.370 e. The van der Waals surface area contributed by atoms with Crippen LogP contribution in [0.15, 0.2) is 0 Å². The lowest BCUT2D eigenvalue weighted by atomic mass is 9.73. The van der Waals surface area contributed by atoms with Crippen LogP contribution in [0.5, 0.6) is 0 Å². The van der Waals surface area contributed by atoms with Crippen molar-refractivity contribution in [1.29, 1.82) is 5.41 Å². The van der Waals surface area contributed by atoms with Crippen molar-refractivity contribution in [2.45, 2.75) is 45.1 Å². The first-order chi connectivity index (χ1) is 6.70. The monoisotopic (exact) mass is 195 g/mol. The van der Waals surface area contributed by atoms with E-state index in [1.54, 1.807) is 0 Å². The van der Waals surface area contributed by atoms with Crippen molar-refractivity contribution in [3.63, 3.8) is 0 Å². The van der Waals surface area contributed by atoms with Gasteiger partial charge in [0.05, 0.1) is 0 Å². The molecule has 3 heteroatoms. The Balaban J connectivity index is 2.12. The highest BCUT2D eigenvalue weighted by Gasteiger charge is 2.37. The van der Waals surface area contributed by atoms with E-state index < -0.39 is 0 Å². The molecule has 1 saturated carbocycles. The van der Waals surface area contributed by atoms with Crippen molar-refractivity contribution in [1.82, 2.24) is 4.90 Å². The van der Waals surface area contributed by atoms with Crippen LogP contribution < -0.4 is 5.73 Å². The average Bonchev–Trinajstić information content (AvgIpc) is 2.18. The topological polar surface area (TPSA) is 53.1 Å². The molecule has 0 radical (unpaired) electrons. The summed E-state index contributed by atoms with van der Waals surface area (Å²) in [4.78, 5) is 2.13. The van der Waals surface area contributed by atoms with Gasteiger partial charge in [0, 0.05) is 12.6 Å². The second kappa shape index (κ2) is 3.79. The Hall–Kier alpha value is -0.730. The van der Waals surface area contributed by atoms with Crippen molar-refractivity contribution >= 4 is 5.96 Å². The summed E-state index contributed by atoms with van der Waals surface area (Å²) in [5.74, 6) is 1.91. The number of nitrogens with two attached hydrogens (primary N) is 1. The number of piperidine rings is 1. The summed E-state index contributed by atoms with van der Waals surface area (Å²) >= 11 is 0. The lowest BCUT2D eigenvalue weighted by molar-refractivity contribution is 0.0726. The Morgan fingerprint density at radius 1 is 1.29 bits per heavy atom. The van der Waals surface area contributed by atoms with Gasteiger partial charge in [0.1, 0.15) is 0 Å². The fourth-order valence-electron chi connectivity index (χ4n) is 3.21. The smallest absolute Gasteiger partial charge is 0.188 e. The van der Waals surface area contributed by atoms with E-state index in [9.17, 15) is 0 Å². The van der Waals surface area contributed by atoms with Gasteiger partial charge in [0.2, 0.25) is 0 Å². The van der Waals surface area contributed by atoms with Crippen LogP contribution in [0, 0.1) is 17.2 Å². The fourth-order valence-corrected chi connectivity index (χ4v) is 3.21. The van der Waals surface area contributed by atoms with Crippen LogP contribution in [-0.2, 0) is 0 Å². The summed E-state index contributed by atoms with van der Waals surface area (Å²) < 4.78 is 0. The molecule has 1 aliphatic carbocycles. The number of nitrogens with one attached hydrogen (secondary N) is 1. The van der Waals surface area contributed by atoms with E-state index >= 15 is 0 Å². The number of fused-ring (bicyclic) bond motifs is 1. The number of rotatable bonds is 0. The minimum atomic E-state index is 0.286. The molecule has 0 aromatic heterocycles. The van der Waals surface area contributed by atoms with Gasteiger partial charge in [-0.25, -0.2) is 0 Å². The second-order valence-electron chi connectivity index (χ2n) is 4.86. The molecule has 80 valence electrons. The molecule has 2 fully saturated rings. The highest BCUT2D eigenvalue weighted by atomic mass is 15.3. The molecule has 2 aliphatic rings. The lowest BCUT2D eigenvalue weighted by Gasteiger charge is -2.47. The van der Waals surface area contributed by atoms with Gasteiger partial charge in [-0.15, -0.1) is 0 Å². The van der Waals surface area contributed by atoms with Gasteiger partial charge in [-0.2, -0.15) is 0 Å². The predicted octanol–water partition coefficient (Wildman–Crippen LogP) is 1.78. The van der Waals surface area contributed by atoms with Crippen molar-refractivity contribution in [3.05, 3.63) is 0 Å². The third-order valence-electron chi connectivity index (χ3n) is 4.05. The number of hydrogen-bond donors (Lipinski definition) is 2. The molecule has 2 rings (SSSR count). The number of nitrogens with zero attached hydrogens (tertiary/aromatic N) is 1. The molecule has 0 spiro atoms. The van der Waals surface area contributed by atoms with Crippen LogP contribution in [0.3, 0.4) is 0 Å². The predicted molar refractivity (Wildman–Crippen MR) is 58.1 cm³/mol. The zero-order chi connectivity index (χ0) is 10.1. The van der Waals surface area contributed by atoms with E-state index in [4.69, 9.17) is 11.1 Å². The fraction of sp³-hybridized carbons (Fsp3) is 0.909. The lowest BCUT2D eigenvalue weighted by Crippen LogP contribution is -2.54. The Morgan fingerprint density at radius 3 is 2.71 bits per heavy atom. The van der Waals surface area contributed by atoms with Crippen LogP contribution in [0.1, 0.15) is 39.0 Å². The van der Waals surface area contributed by atoms with Crippen LogP contribution >= 0.6 is 0 Å². The zero-order valence-corrected chi connectivity index (χ0v) is 9.00. The summed E-state index contributed by atoms with van der Waals surface area (Å²) in [6.45, 7) is 3.36. The molecule has 0 amide bonds. The Labute approximate surface area is 86.2 Å². The highest BCUT2D eigenvalue weighted by Crippen LogP contribution is 2.38. The van der Waals surface area contributed by atoms with Gasteiger partial charge in [0.25, 0.3) is 0 Å². The van der Waals surface area contributed by atoms with E-state index in [0.717, 1.165) is 18.4 Å². The van der Waals surface area contributed by atoms with Gasteiger partial charge in [0.15, 0.2) is 5.96 Å². The quantitative estimate of drug-likeness (QED) is 0.457. The van der Waals surface area contributed by atoms with E-state index in [0.29, 0.717) is 6.04 Å². The zero-order valence-electron chi connectivity index (χ0n) is 9.00. The minimum Gasteiger partial charge on any atom is -0.370 e. The van der Waals surface area contributed by atoms with Crippen LogP contribution in [0.4, 0.5) is 0 Å². The standard InChI is InChI=1S/C11H21N3/c1-8-6-7-14(11(12)13)10-5-3-2-4-9(8)10/h8-10H,2-7H2,1H3,(H3,12,13)/t8-,9+,10-/m1/s1. The van der Waals surface area contributed by atoms with E-state index in [-0.39, 0.29) is 5.96 Å². The molecule has 14 heavy (non-hydrogen) atoms. The first-order valence-electron chi connectivity index (χ1n) is 5.81. The molecular weight excluding hydrogens is 174 g/mol. The Morgan fingerprint density at radius 2 is 2.00 bits per heavy atom. The van der Waals surface area contributed by atoms with E-state index in [1.807, 2.05) is 0 Å². The first kappa shape index (κ1) is 9.81. The molecule has 3 N–H and O–H groups in total. The van der Waals surface area contributed by atoms with Gasteiger partial charge in [-0.1, -0.05) is 19.8 Å². The van der Waals surface area contributed by atoms with Crippen molar-refractivity contribution in [2.24, 2.45) is 17.6 Å². The SMILES string of the molecule is C[C@@H]1CCN(C(=N)N)[C@@H]2CCCC[C@@H]12. The van der Waals surface area contributed by atoms with E-state index in [1.165, 1.54) is 32.1 Å². The third kappa shape index (κ3) is 1.60. The van der Waals surface area contributed by atoms with Gasteiger partial charge in [-0.3, -0.25) is 5.41 Å². The van der Waals surface area contributed by atoms with Crippen molar-refractivity contribution < 1.29 is 0 Å². The van der Waals surface area contributed by atoms with Gasteiger partial charge >= 0.3 is 0 Å². The summed E-state index contributed by atoms with van der Waals surface area (Å²) in [7, 11) is 0. The maximum Gasteiger partial charge on any atom is 0.188 e.